The van der Waals surface area contributed by atoms with E-state index >= 15 is 0 Å². The van der Waals surface area contributed by atoms with E-state index in [0.29, 0.717) is 18.2 Å². The van der Waals surface area contributed by atoms with Crippen LogP contribution < -0.4 is 0 Å². The molecule has 0 nitrogen and oxygen atoms in total. The van der Waals surface area contributed by atoms with E-state index in [4.69, 9.17) is 23.2 Å². The Labute approximate surface area is 143 Å². The van der Waals surface area contributed by atoms with E-state index in [1.807, 2.05) is 25.1 Å². The third kappa shape index (κ3) is 4.00. The first kappa shape index (κ1) is 16.8. The highest BCUT2D eigenvalue weighted by molar-refractivity contribution is 9.10. The van der Waals surface area contributed by atoms with E-state index in [2.05, 4.69) is 28.1 Å². The predicted molar refractivity (Wildman–Crippen MR) is 92.1 cm³/mol. The highest BCUT2D eigenvalue weighted by Crippen LogP contribution is 2.33. The molecular formula is C17H16BrCl2F. The Hall–Kier alpha value is -0.570. The van der Waals surface area contributed by atoms with Crippen molar-refractivity contribution in [1.82, 2.24) is 0 Å². The highest BCUT2D eigenvalue weighted by Gasteiger charge is 2.31. The summed E-state index contributed by atoms with van der Waals surface area (Å²) in [5, 5.41) is 0. The third-order valence-corrected chi connectivity index (χ3v) is 5.12. The van der Waals surface area contributed by atoms with Gasteiger partial charge in [-0.25, -0.2) is 4.39 Å². The normalized spacial score (nSPS) is 11.7. The number of rotatable bonds is 5. The van der Waals surface area contributed by atoms with Crippen LogP contribution in [-0.2, 0) is 11.8 Å². The lowest BCUT2D eigenvalue weighted by Crippen LogP contribution is -2.33. The van der Waals surface area contributed by atoms with Crippen LogP contribution in [0.4, 0.5) is 4.39 Å². The molecule has 4 heteroatoms. The van der Waals surface area contributed by atoms with Crippen LogP contribution in [0.2, 0.25) is 0 Å². The van der Waals surface area contributed by atoms with Gasteiger partial charge >= 0.3 is 0 Å². The Bertz CT molecular complexity index is 586. The van der Waals surface area contributed by atoms with Gasteiger partial charge in [0.25, 0.3) is 0 Å². The molecule has 0 atom stereocenters. The molecule has 0 saturated heterocycles. The fourth-order valence-corrected chi connectivity index (χ4v) is 3.69. The summed E-state index contributed by atoms with van der Waals surface area (Å²) in [5.74, 6) is 0.503. The molecule has 0 N–H and O–H groups in total. The van der Waals surface area contributed by atoms with Crippen molar-refractivity contribution in [3.05, 3.63) is 69.4 Å². The fraction of sp³-hybridized carbons (Fsp3) is 0.294. The van der Waals surface area contributed by atoms with Crippen molar-refractivity contribution < 1.29 is 4.39 Å². The van der Waals surface area contributed by atoms with Crippen LogP contribution in [0.25, 0.3) is 0 Å². The van der Waals surface area contributed by atoms with Gasteiger partial charge in [-0.15, -0.1) is 23.2 Å². The molecule has 0 saturated carbocycles. The van der Waals surface area contributed by atoms with Crippen LogP contribution in [0.1, 0.15) is 16.7 Å². The number of benzene rings is 2. The average Bonchev–Trinajstić information content (AvgIpc) is 2.45. The molecule has 0 unspecified atom stereocenters. The highest BCUT2D eigenvalue weighted by atomic mass is 79.9. The van der Waals surface area contributed by atoms with Gasteiger partial charge in [-0.05, 0) is 42.7 Å². The number of aryl methyl sites for hydroxylation is 1. The predicted octanol–water partition coefficient (Wildman–Crippen LogP) is 5.85. The molecule has 0 aliphatic heterocycles. The molecule has 0 heterocycles. The van der Waals surface area contributed by atoms with E-state index in [9.17, 15) is 4.39 Å². The summed E-state index contributed by atoms with van der Waals surface area (Å²) in [6, 6.07) is 13.1. The molecule has 0 radical (unpaired) electrons. The molecule has 0 aromatic heterocycles. The molecule has 0 fully saturated rings. The molecule has 2 aromatic rings. The van der Waals surface area contributed by atoms with Crippen LogP contribution >= 0.6 is 39.1 Å². The zero-order chi connectivity index (χ0) is 15.5. The second-order valence-corrected chi connectivity index (χ2v) is 6.82. The third-order valence-electron chi connectivity index (χ3n) is 3.64. The van der Waals surface area contributed by atoms with Gasteiger partial charge < -0.3 is 0 Å². The van der Waals surface area contributed by atoms with Crippen molar-refractivity contribution >= 4 is 39.1 Å². The Morgan fingerprint density at radius 2 is 1.67 bits per heavy atom. The maximum Gasteiger partial charge on any atom is 0.124 e. The lowest BCUT2D eigenvalue weighted by atomic mass is 9.78. The smallest absolute Gasteiger partial charge is 0.124 e. The standard InChI is InChI=1S/C17H16BrCl2F/c1-12-2-4-14(5-3-12)17(10-19,11-20)9-13-6-15(18)8-16(21)7-13/h2-8H,9-11H2,1H3. The summed E-state index contributed by atoms with van der Waals surface area (Å²) in [6.45, 7) is 2.04. The monoisotopic (exact) mass is 388 g/mol. The topological polar surface area (TPSA) is 0 Å². The number of halogens is 4. The molecule has 0 bridgehead atoms. The Morgan fingerprint density at radius 1 is 1.05 bits per heavy atom. The molecule has 2 rings (SSSR count). The maximum atomic E-state index is 13.6. The fourth-order valence-electron chi connectivity index (χ4n) is 2.40. The van der Waals surface area contributed by atoms with Gasteiger partial charge in [-0.3, -0.25) is 0 Å². The van der Waals surface area contributed by atoms with Gasteiger partial charge in [-0.2, -0.15) is 0 Å². The van der Waals surface area contributed by atoms with Gasteiger partial charge in [0.2, 0.25) is 0 Å². The first-order valence-corrected chi connectivity index (χ1v) is 8.49. The zero-order valence-electron chi connectivity index (χ0n) is 11.7. The Balaban J connectivity index is 2.40. The maximum absolute atomic E-state index is 13.6. The van der Waals surface area contributed by atoms with Gasteiger partial charge in [0.1, 0.15) is 5.82 Å². The van der Waals surface area contributed by atoms with Crippen LogP contribution in [0.5, 0.6) is 0 Å². The number of hydrogen-bond acceptors (Lipinski definition) is 0. The van der Waals surface area contributed by atoms with E-state index in [-0.39, 0.29) is 5.82 Å². The average molecular weight is 390 g/mol. The minimum atomic E-state index is -0.399. The van der Waals surface area contributed by atoms with Gasteiger partial charge in [-0.1, -0.05) is 45.8 Å². The molecule has 2 aromatic carbocycles. The van der Waals surface area contributed by atoms with Crippen molar-refractivity contribution in [2.75, 3.05) is 11.8 Å². The number of alkyl halides is 2. The molecule has 112 valence electrons. The number of hydrogen-bond donors (Lipinski definition) is 0. The van der Waals surface area contributed by atoms with Crippen LogP contribution in [0.3, 0.4) is 0 Å². The summed E-state index contributed by atoms with van der Waals surface area (Å²) < 4.78 is 14.3. The Morgan fingerprint density at radius 3 is 2.19 bits per heavy atom. The van der Waals surface area contributed by atoms with Crippen LogP contribution in [0.15, 0.2) is 46.9 Å². The summed E-state index contributed by atoms with van der Waals surface area (Å²) in [5.41, 5.74) is 2.75. The summed E-state index contributed by atoms with van der Waals surface area (Å²) in [4.78, 5) is 0. The summed E-state index contributed by atoms with van der Waals surface area (Å²) >= 11 is 15.8. The first-order chi connectivity index (χ1) is 9.99. The van der Waals surface area contributed by atoms with Gasteiger partial charge in [0.05, 0.1) is 0 Å². The second-order valence-electron chi connectivity index (χ2n) is 5.37. The van der Waals surface area contributed by atoms with Crippen molar-refractivity contribution in [2.45, 2.75) is 18.8 Å². The van der Waals surface area contributed by atoms with E-state index in [1.54, 1.807) is 0 Å². The molecular weight excluding hydrogens is 374 g/mol. The summed E-state index contributed by atoms with van der Waals surface area (Å²) in [7, 11) is 0. The molecule has 0 aliphatic rings. The largest absolute Gasteiger partial charge is 0.207 e. The van der Waals surface area contributed by atoms with Crippen molar-refractivity contribution in [1.29, 1.82) is 0 Å². The lowest BCUT2D eigenvalue weighted by Gasteiger charge is -2.30. The molecule has 0 amide bonds. The zero-order valence-corrected chi connectivity index (χ0v) is 14.8. The van der Waals surface area contributed by atoms with E-state index in [1.165, 1.54) is 17.7 Å². The molecule has 21 heavy (non-hydrogen) atoms. The van der Waals surface area contributed by atoms with E-state index in [0.717, 1.165) is 15.6 Å². The lowest BCUT2D eigenvalue weighted by molar-refractivity contribution is 0.532. The molecule has 0 aliphatic carbocycles. The van der Waals surface area contributed by atoms with Crippen molar-refractivity contribution in [3.63, 3.8) is 0 Å². The van der Waals surface area contributed by atoms with Crippen LogP contribution in [0, 0.1) is 12.7 Å². The van der Waals surface area contributed by atoms with E-state index < -0.39 is 5.41 Å². The van der Waals surface area contributed by atoms with Crippen LogP contribution in [-0.4, -0.2) is 11.8 Å². The summed E-state index contributed by atoms with van der Waals surface area (Å²) in [6.07, 6.45) is 0.597. The first-order valence-electron chi connectivity index (χ1n) is 6.63. The SMILES string of the molecule is Cc1ccc(C(CCl)(CCl)Cc2cc(F)cc(Br)c2)cc1. The minimum Gasteiger partial charge on any atom is -0.207 e. The Kier molecular flexibility index (Phi) is 5.70. The van der Waals surface area contributed by atoms with Gasteiger partial charge in [0.15, 0.2) is 0 Å². The quantitative estimate of drug-likeness (QED) is 0.562. The van der Waals surface area contributed by atoms with Crippen molar-refractivity contribution in [2.24, 2.45) is 0 Å². The van der Waals surface area contributed by atoms with Gasteiger partial charge in [0, 0.05) is 21.6 Å². The van der Waals surface area contributed by atoms with Crippen molar-refractivity contribution in [3.8, 4) is 0 Å². The molecule has 0 spiro atoms. The minimum absolute atomic E-state index is 0.263. The second kappa shape index (κ2) is 7.13.